The number of hydrogen-bond acceptors (Lipinski definition) is 2. The number of nitrogens with zero attached hydrogens (tertiary/aromatic N) is 1. The molecular weight excluding hydrogens is 212 g/mol. The van der Waals surface area contributed by atoms with Crippen LogP contribution < -0.4 is 5.73 Å². The minimum atomic E-state index is 0.323. The van der Waals surface area contributed by atoms with Gasteiger partial charge in [0.1, 0.15) is 0 Å². The first-order valence-electron chi connectivity index (χ1n) is 6.38. The van der Waals surface area contributed by atoms with E-state index in [0.29, 0.717) is 5.91 Å². The first-order chi connectivity index (χ1) is 8.25. The summed E-state index contributed by atoms with van der Waals surface area (Å²) in [5.74, 6) is 0.323. The van der Waals surface area contributed by atoms with E-state index in [1.165, 1.54) is 5.56 Å². The molecule has 2 rings (SSSR count). The molecule has 0 unspecified atom stereocenters. The summed E-state index contributed by atoms with van der Waals surface area (Å²) in [6, 6.07) is 7.99. The van der Waals surface area contributed by atoms with E-state index >= 15 is 0 Å². The summed E-state index contributed by atoms with van der Waals surface area (Å²) in [4.78, 5) is 13.6. The number of anilines is 1. The average Bonchev–Trinajstić information content (AvgIpc) is 2.32. The van der Waals surface area contributed by atoms with Gasteiger partial charge in [-0.1, -0.05) is 12.1 Å². The molecule has 0 radical (unpaired) electrons. The Labute approximate surface area is 103 Å². The van der Waals surface area contributed by atoms with Crippen molar-refractivity contribution in [3.63, 3.8) is 0 Å². The lowest BCUT2D eigenvalue weighted by Gasteiger charge is -2.26. The Morgan fingerprint density at radius 1 is 1.29 bits per heavy atom. The number of piperidine rings is 1. The third kappa shape index (κ3) is 3.48. The number of aryl methyl sites for hydroxylation is 1. The second kappa shape index (κ2) is 5.71. The molecule has 3 heteroatoms. The number of nitrogen functional groups attached to an aromatic ring is 1. The average molecular weight is 232 g/mol. The molecule has 1 saturated heterocycles. The number of hydrogen-bond donors (Lipinski definition) is 1. The summed E-state index contributed by atoms with van der Waals surface area (Å²) in [7, 11) is 0. The number of nitrogens with two attached hydrogens (primary N) is 1. The predicted molar refractivity (Wildman–Crippen MR) is 69.6 cm³/mol. The van der Waals surface area contributed by atoms with Crippen LogP contribution in [0.15, 0.2) is 24.3 Å². The molecule has 0 aliphatic carbocycles. The van der Waals surface area contributed by atoms with Crippen LogP contribution in [0.25, 0.3) is 0 Å². The molecule has 1 amide bonds. The molecule has 92 valence electrons. The first kappa shape index (κ1) is 12.0. The predicted octanol–water partition coefficient (Wildman–Crippen LogP) is 2.21. The SMILES string of the molecule is Nc1cccc(CCCN2CCCCC2=O)c1. The lowest BCUT2D eigenvalue weighted by molar-refractivity contribution is -0.133. The highest BCUT2D eigenvalue weighted by atomic mass is 16.2. The third-order valence-electron chi connectivity index (χ3n) is 3.27. The third-order valence-corrected chi connectivity index (χ3v) is 3.27. The molecule has 1 aromatic carbocycles. The summed E-state index contributed by atoms with van der Waals surface area (Å²) in [6.45, 7) is 1.82. The van der Waals surface area contributed by atoms with Gasteiger partial charge in [0.25, 0.3) is 0 Å². The summed E-state index contributed by atoms with van der Waals surface area (Å²) in [5.41, 5.74) is 7.81. The van der Waals surface area contributed by atoms with E-state index in [1.807, 2.05) is 23.1 Å². The van der Waals surface area contributed by atoms with Crippen molar-refractivity contribution in [2.45, 2.75) is 32.1 Å². The zero-order valence-electron chi connectivity index (χ0n) is 10.2. The van der Waals surface area contributed by atoms with Crippen LogP contribution in [0.5, 0.6) is 0 Å². The van der Waals surface area contributed by atoms with Crippen LogP contribution >= 0.6 is 0 Å². The molecular formula is C14H20N2O. The van der Waals surface area contributed by atoms with Gasteiger partial charge in [-0.2, -0.15) is 0 Å². The fraction of sp³-hybridized carbons (Fsp3) is 0.500. The van der Waals surface area contributed by atoms with Crippen LogP contribution in [0.1, 0.15) is 31.2 Å². The minimum Gasteiger partial charge on any atom is -0.399 e. The number of rotatable bonds is 4. The molecule has 2 N–H and O–H groups in total. The van der Waals surface area contributed by atoms with Crippen molar-refractivity contribution in [3.05, 3.63) is 29.8 Å². The Hall–Kier alpha value is -1.51. The Morgan fingerprint density at radius 2 is 2.18 bits per heavy atom. The van der Waals surface area contributed by atoms with Crippen LogP contribution in [0.4, 0.5) is 5.69 Å². The molecule has 1 heterocycles. The number of amides is 1. The zero-order chi connectivity index (χ0) is 12.1. The van der Waals surface area contributed by atoms with Gasteiger partial charge in [-0.15, -0.1) is 0 Å². The van der Waals surface area contributed by atoms with Gasteiger partial charge in [0, 0.05) is 25.2 Å². The van der Waals surface area contributed by atoms with E-state index < -0.39 is 0 Å². The summed E-state index contributed by atoms with van der Waals surface area (Å²) < 4.78 is 0. The molecule has 1 aliphatic rings. The van der Waals surface area contributed by atoms with Crippen molar-refractivity contribution in [1.29, 1.82) is 0 Å². The van der Waals surface area contributed by atoms with E-state index in [4.69, 9.17) is 5.73 Å². The molecule has 1 fully saturated rings. The lowest BCUT2D eigenvalue weighted by Crippen LogP contribution is -2.36. The highest BCUT2D eigenvalue weighted by Crippen LogP contribution is 2.13. The smallest absolute Gasteiger partial charge is 0.222 e. The van der Waals surface area contributed by atoms with Crippen LogP contribution in [-0.2, 0) is 11.2 Å². The Kier molecular flexibility index (Phi) is 4.02. The second-order valence-electron chi connectivity index (χ2n) is 4.69. The molecule has 3 nitrogen and oxygen atoms in total. The van der Waals surface area contributed by atoms with E-state index in [9.17, 15) is 4.79 Å². The Bertz CT molecular complexity index is 390. The standard InChI is InChI=1S/C14H20N2O/c15-13-7-3-5-12(11-13)6-4-10-16-9-2-1-8-14(16)17/h3,5,7,11H,1-2,4,6,8-10,15H2. The second-order valence-corrected chi connectivity index (χ2v) is 4.69. The van der Waals surface area contributed by atoms with Gasteiger partial charge in [0.05, 0.1) is 0 Å². The van der Waals surface area contributed by atoms with E-state index in [1.54, 1.807) is 0 Å². The van der Waals surface area contributed by atoms with Gasteiger partial charge < -0.3 is 10.6 Å². The molecule has 0 saturated carbocycles. The van der Waals surface area contributed by atoms with Crippen LogP contribution in [0.3, 0.4) is 0 Å². The van der Waals surface area contributed by atoms with Crippen LogP contribution in [0, 0.1) is 0 Å². The quantitative estimate of drug-likeness (QED) is 0.809. The number of carbonyl (C=O) groups is 1. The fourth-order valence-corrected chi connectivity index (χ4v) is 2.32. The van der Waals surface area contributed by atoms with Gasteiger partial charge in [0.15, 0.2) is 0 Å². The van der Waals surface area contributed by atoms with Crippen molar-refractivity contribution in [3.8, 4) is 0 Å². The molecule has 0 aromatic heterocycles. The summed E-state index contributed by atoms with van der Waals surface area (Å²) >= 11 is 0. The monoisotopic (exact) mass is 232 g/mol. The highest BCUT2D eigenvalue weighted by molar-refractivity contribution is 5.76. The molecule has 0 spiro atoms. The van der Waals surface area contributed by atoms with Gasteiger partial charge in [-0.3, -0.25) is 4.79 Å². The maximum absolute atomic E-state index is 11.6. The molecule has 0 atom stereocenters. The van der Waals surface area contributed by atoms with Crippen molar-refractivity contribution in [2.24, 2.45) is 0 Å². The maximum atomic E-state index is 11.6. The molecule has 1 aliphatic heterocycles. The van der Waals surface area contributed by atoms with Gasteiger partial charge in [-0.25, -0.2) is 0 Å². The summed E-state index contributed by atoms with van der Waals surface area (Å²) in [6.07, 6.45) is 4.97. The maximum Gasteiger partial charge on any atom is 0.222 e. The first-order valence-corrected chi connectivity index (χ1v) is 6.38. The number of carbonyl (C=O) groups excluding carboxylic acids is 1. The Balaban J connectivity index is 1.77. The fourth-order valence-electron chi connectivity index (χ4n) is 2.32. The highest BCUT2D eigenvalue weighted by Gasteiger charge is 2.16. The van der Waals surface area contributed by atoms with Gasteiger partial charge >= 0.3 is 0 Å². The van der Waals surface area contributed by atoms with E-state index in [2.05, 4.69) is 6.07 Å². The Morgan fingerprint density at radius 3 is 2.94 bits per heavy atom. The normalized spacial score (nSPS) is 16.2. The summed E-state index contributed by atoms with van der Waals surface area (Å²) in [5, 5.41) is 0. The van der Waals surface area contributed by atoms with Crippen LogP contribution in [-0.4, -0.2) is 23.9 Å². The minimum absolute atomic E-state index is 0.323. The molecule has 1 aromatic rings. The van der Waals surface area contributed by atoms with E-state index in [-0.39, 0.29) is 0 Å². The zero-order valence-corrected chi connectivity index (χ0v) is 10.2. The van der Waals surface area contributed by atoms with Gasteiger partial charge in [-0.05, 0) is 43.4 Å². The topological polar surface area (TPSA) is 46.3 Å². The largest absolute Gasteiger partial charge is 0.399 e. The number of likely N-dealkylation sites (tertiary alicyclic amines) is 1. The van der Waals surface area contributed by atoms with Gasteiger partial charge in [0.2, 0.25) is 5.91 Å². The number of benzene rings is 1. The molecule has 17 heavy (non-hydrogen) atoms. The van der Waals surface area contributed by atoms with Crippen molar-refractivity contribution in [1.82, 2.24) is 4.90 Å². The lowest BCUT2D eigenvalue weighted by atomic mass is 10.1. The van der Waals surface area contributed by atoms with Crippen molar-refractivity contribution < 1.29 is 4.79 Å². The van der Waals surface area contributed by atoms with Crippen molar-refractivity contribution in [2.75, 3.05) is 18.8 Å². The van der Waals surface area contributed by atoms with Crippen molar-refractivity contribution >= 4 is 11.6 Å². The van der Waals surface area contributed by atoms with E-state index in [0.717, 1.165) is 50.9 Å². The molecule has 0 bridgehead atoms. The van der Waals surface area contributed by atoms with Crippen LogP contribution in [0.2, 0.25) is 0 Å².